The van der Waals surface area contributed by atoms with Crippen LogP contribution in [0.25, 0.3) is 0 Å². The molecule has 0 amide bonds. The van der Waals surface area contributed by atoms with Crippen molar-refractivity contribution in [3.63, 3.8) is 0 Å². The highest BCUT2D eigenvalue weighted by atomic mass is 35.5. The molecule has 102 valence electrons. The van der Waals surface area contributed by atoms with Gasteiger partial charge < -0.3 is 0 Å². The number of hydrogen-bond donors (Lipinski definition) is 0. The highest BCUT2D eigenvalue weighted by Crippen LogP contribution is 2.53. The summed E-state index contributed by atoms with van der Waals surface area (Å²) in [6, 6.07) is 0. The van der Waals surface area contributed by atoms with E-state index >= 15 is 0 Å². The molecular formula is C6HCl2F9. The summed E-state index contributed by atoms with van der Waals surface area (Å²) in [5, 5.41) is 0. The van der Waals surface area contributed by atoms with Crippen LogP contribution in [0.4, 0.5) is 39.5 Å². The fourth-order valence-corrected chi connectivity index (χ4v) is 0.889. The maximum atomic E-state index is 12.5. The molecule has 0 atom stereocenters. The van der Waals surface area contributed by atoms with Gasteiger partial charge in [0.1, 0.15) is 4.49 Å². The van der Waals surface area contributed by atoms with Gasteiger partial charge in [-0.2, -0.15) is 39.5 Å². The van der Waals surface area contributed by atoms with Crippen molar-refractivity contribution in [2.24, 2.45) is 0 Å². The average Bonchev–Trinajstić information content (AvgIpc) is 1.98. The second kappa shape index (κ2) is 4.42. The molecule has 0 aliphatic heterocycles. The van der Waals surface area contributed by atoms with Crippen LogP contribution in [0.1, 0.15) is 0 Å². The highest BCUT2D eigenvalue weighted by molar-refractivity contribution is 6.55. The first kappa shape index (κ1) is 16.7. The predicted molar refractivity (Wildman–Crippen MR) is 40.7 cm³/mol. The van der Waals surface area contributed by atoms with E-state index in [9.17, 15) is 39.5 Å². The highest BCUT2D eigenvalue weighted by Gasteiger charge is 2.81. The lowest BCUT2D eigenvalue weighted by Gasteiger charge is -2.32. The third-order valence-electron chi connectivity index (χ3n) is 1.46. The molecule has 0 fully saturated rings. The molecule has 0 radical (unpaired) electrons. The second-order valence-electron chi connectivity index (χ2n) is 2.70. The fourth-order valence-electron chi connectivity index (χ4n) is 0.615. The van der Waals surface area contributed by atoms with Crippen LogP contribution in [0.3, 0.4) is 0 Å². The Morgan fingerprint density at radius 3 is 1.29 bits per heavy atom. The van der Waals surface area contributed by atoms with E-state index < -0.39 is 34.5 Å². The predicted octanol–water partition coefficient (Wildman–Crippen LogP) is 4.77. The minimum absolute atomic E-state index is 1.10. The molecule has 17 heavy (non-hydrogen) atoms. The van der Waals surface area contributed by atoms with Crippen molar-refractivity contribution in [1.82, 2.24) is 0 Å². The summed E-state index contributed by atoms with van der Waals surface area (Å²) in [6.45, 7) is 0. The summed E-state index contributed by atoms with van der Waals surface area (Å²) in [5.41, 5.74) is 0. The number of rotatable bonds is 3. The molecule has 0 aromatic rings. The molecule has 0 aliphatic carbocycles. The van der Waals surface area contributed by atoms with Gasteiger partial charge in [-0.1, -0.05) is 23.2 Å². The number of alkyl halides is 9. The number of hydrogen-bond acceptors (Lipinski definition) is 0. The Morgan fingerprint density at radius 1 is 0.706 bits per heavy atom. The Morgan fingerprint density at radius 2 is 1.06 bits per heavy atom. The van der Waals surface area contributed by atoms with Gasteiger partial charge in [0.2, 0.25) is 0 Å². The first-order valence-electron chi connectivity index (χ1n) is 3.41. The smallest absolute Gasteiger partial charge is 0.195 e. The monoisotopic (exact) mass is 314 g/mol. The second-order valence-corrected chi connectivity index (χ2v) is 3.71. The molecule has 0 unspecified atom stereocenters. The standard InChI is InChI=1S/C6HCl2F9/c7-2(8)1-3(9,10)4(11,12)5(13,14)6(15,16)17/h1H. The van der Waals surface area contributed by atoms with Crippen LogP contribution in [0.2, 0.25) is 0 Å². The van der Waals surface area contributed by atoms with Crippen LogP contribution in [0.5, 0.6) is 0 Å². The molecule has 0 saturated carbocycles. The third kappa shape index (κ3) is 2.93. The zero-order chi connectivity index (χ0) is 14.3. The van der Waals surface area contributed by atoms with E-state index in [-0.39, 0.29) is 0 Å². The maximum absolute atomic E-state index is 12.5. The van der Waals surface area contributed by atoms with E-state index in [0.717, 1.165) is 0 Å². The third-order valence-corrected chi connectivity index (χ3v) is 1.68. The van der Waals surface area contributed by atoms with Gasteiger partial charge in [0.15, 0.2) is 0 Å². The van der Waals surface area contributed by atoms with Crippen LogP contribution >= 0.6 is 23.2 Å². The molecule has 11 heteroatoms. The Bertz CT molecular complexity index is 312. The van der Waals surface area contributed by atoms with Crippen LogP contribution in [0.15, 0.2) is 10.6 Å². The molecule has 0 nitrogen and oxygen atoms in total. The average molecular weight is 315 g/mol. The largest absolute Gasteiger partial charge is 0.460 e. The van der Waals surface area contributed by atoms with Gasteiger partial charge in [-0.15, -0.1) is 0 Å². The van der Waals surface area contributed by atoms with Crippen LogP contribution in [-0.2, 0) is 0 Å². The van der Waals surface area contributed by atoms with E-state index in [1.165, 1.54) is 0 Å². The van der Waals surface area contributed by atoms with Crippen LogP contribution in [-0.4, -0.2) is 23.9 Å². The van der Waals surface area contributed by atoms with Crippen molar-refractivity contribution in [2.75, 3.05) is 0 Å². The minimum Gasteiger partial charge on any atom is -0.195 e. The van der Waals surface area contributed by atoms with Crippen molar-refractivity contribution in [3.05, 3.63) is 10.6 Å². The first-order valence-corrected chi connectivity index (χ1v) is 4.16. The molecular weight excluding hydrogens is 314 g/mol. The molecule has 0 aliphatic rings. The summed E-state index contributed by atoms with van der Waals surface area (Å²) in [6.07, 6.45) is -7.96. The zero-order valence-corrected chi connectivity index (χ0v) is 8.75. The van der Waals surface area contributed by atoms with Crippen molar-refractivity contribution < 1.29 is 39.5 Å². The van der Waals surface area contributed by atoms with Gasteiger partial charge in [0, 0.05) is 6.08 Å². The Balaban J connectivity index is 5.64. The molecule has 0 saturated heterocycles. The molecule has 0 rings (SSSR count). The van der Waals surface area contributed by atoms with Crippen LogP contribution in [0, 0.1) is 0 Å². The lowest BCUT2D eigenvalue weighted by molar-refractivity contribution is -0.388. The SMILES string of the molecule is FC(F)(F)C(F)(F)C(F)(F)C(F)(F)C=C(Cl)Cl. The van der Waals surface area contributed by atoms with E-state index in [4.69, 9.17) is 0 Å². The fraction of sp³-hybridized carbons (Fsp3) is 0.667. The van der Waals surface area contributed by atoms with Gasteiger partial charge in [0.25, 0.3) is 0 Å². The van der Waals surface area contributed by atoms with Gasteiger partial charge in [0.05, 0.1) is 0 Å². The zero-order valence-electron chi connectivity index (χ0n) is 7.23. The Hall–Kier alpha value is -0.310. The topological polar surface area (TPSA) is 0 Å². The van der Waals surface area contributed by atoms with Crippen molar-refractivity contribution in [1.29, 1.82) is 0 Å². The Labute approximate surface area is 98.0 Å². The Kier molecular flexibility index (Phi) is 4.34. The van der Waals surface area contributed by atoms with Gasteiger partial charge >= 0.3 is 23.9 Å². The summed E-state index contributed by atoms with van der Waals surface area (Å²) in [7, 11) is 0. The van der Waals surface area contributed by atoms with E-state index in [2.05, 4.69) is 23.2 Å². The number of allylic oxidation sites excluding steroid dienone is 1. The van der Waals surface area contributed by atoms with E-state index in [1.54, 1.807) is 0 Å². The van der Waals surface area contributed by atoms with Gasteiger partial charge in [-0.25, -0.2) is 0 Å². The molecule has 0 heterocycles. The molecule has 0 N–H and O–H groups in total. The normalized spacial score (nSPS) is 14.8. The minimum atomic E-state index is -6.94. The molecule has 0 spiro atoms. The lowest BCUT2D eigenvalue weighted by atomic mass is 10.0. The van der Waals surface area contributed by atoms with Gasteiger partial charge in [-0.05, 0) is 0 Å². The molecule has 0 bridgehead atoms. The summed E-state index contributed by atoms with van der Waals surface area (Å²) >= 11 is 9.04. The summed E-state index contributed by atoms with van der Waals surface area (Å²) in [4.78, 5) is 0. The number of halogens is 11. The molecule has 0 aromatic carbocycles. The van der Waals surface area contributed by atoms with Crippen molar-refractivity contribution >= 4 is 23.2 Å². The first-order chi connectivity index (χ1) is 7.17. The molecule has 0 aromatic heterocycles. The van der Waals surface area contributed by atoms with Crippen molar-refractivity contribution in [3.8, 4) is 0 Å². The van der Waals surface area contributed by atoms with Crippen molar-refractivity contribution in [2.45, 2.75) is 23.9 Å². The van der Waals surface area contributed by atoms with Gasteiger partial charge in [-0.3, -0.25) is 0 Å². The maximum Gasteiger partial charge on any atom is 0.460 e. The van der Waals surface area contributed by atoms with E-state index in [1.807, 2.05) is 0 Å². The van der Waals surface area contributed by atoms with Crippen LogP contribution < -0.4 is 0 Å². The van der Waals surface area contributed by atoms with E-state index in [0.29, 0.717) is 0 Å². The lowest BCUT2D eigenvalue weighted by Crippen LogP contribution is -2.60. The summed E-state index contributed by atoms with van der Waals surface area (Å²) < 4.78 is 107. The quantitative estimate of drug-likeness (QED) is 0.658. The summed E-state index contributed by atoms with van der Waals surface area (Å²) in [5.74, 6) is -19.5.